The third-order valence-corrected chi connectivity index (χ3v) is 1.53. The van der Waals surface area contributed by atoms with E-state index in [0.29, 0.717) is 0 Å². The van der Waals surface area contributed by atoms with Crippen molar-refractivity contribution in [2.24, 2.45) is 0 Å². The topological polar surface area (TPSA) is 76.1 Å². The Morgan fingerprint density at radius 1 is 1.69 bits per heavy atom. The maximum atomic E-state index is 8.90. The van der Waals surface area contributed by atoms with E-state index in [1.165, 1.54) is 0 Å². The molecule has 0 radical (unpaired) electrons. The molecule has 0 aromatic rings. The minimum atomic E-state index is -2.77. The van der Waals surface area contributed by atoms with Crippen molar-refractivity contribution in [1.29, 1.82) is 0 Å². The molecule has 78 valence electrons. The first-order valence-electron chi connectivity index (χ1n) is 3.64. The summed E-state index contributed by atoms with van der Waals surface area (Å²) in [6.45, 7) is 4.32. The fourth-order valence-corrected chi connectivity index (χ4v) is 0.794. The Bertz CT molecular complexity index is 187. The average molecular weight is 209 g/mol. The summed E-state index contributed by atoms with van der Waals surface area (Å²) < 4.78 is 20.5. The summed E-state index contributed by atoms with van der Waals surface area (Å²) in [5, 5.41) is 7.03. The minimum absolute atomic E-state index is 1.05. The highest BCUT2D eigenvalue weighted by Gasteiger charge is 2.03. The molecule has 1 N–H and O–H groups in total. The fraction of sp³-hybridized carbons (Fsp3) is 0.667. The van der Waals surface area contributed by atoms with Crippen LogP contribution in [0.5, 0.6) is 0 Å². The molecule has 0 bridgehead atoms. The van der Waals surface area contributed by atoms with Crippen molar-refractivity contribution in [3.05, 3.63) is 12.4 Å². The Morgan fingerprint density at radius 2 is 2.23 bits per heavy atom. The van der Waals surface area contributed by atoms with Crippen molar-refractivity contribution in [2.45, 2.75) is 6.92 Å². The van der Waals surface area contributed by atoms with Gasteiger partial charge in [-0.25, -0.2) is 9.47 Å². The zero-order chi connectivity index (χ0) is 10.3. The molecular weight excluding hydrogens is 196 g/mol. The van der Waals surface area contributed by atoms with E-state index in [2.05, 4.69) is 40.5 Å². The van der Waals surface area contributed by atoms with Crippen LogP contribution in [0, 0.1) is 0 Å². The number of rotatable bonds is 2. The van der Waals surface area contributed by atoms with Gasteiger partial charge in [0.1, 0.15) is 11.4 Å². The zero-order valence-corrected chi connectivity index (χ0v) is 8.36. The van der Waals surface area contributed by atoms with E-state index in [4.69, 9.17) is 14.0 Å². The molecule has 1 aliphatic rings. The molecule has 0 aromatic heterocycles. The quantitative estimate of drug-likeness (QED) is 0.390. The highest BCUT2D eigenvalue weighted by molar-refractivity contribution is 7.73. The largest absolute Gasteiger partial charge is 0.748 e. The summed E-state index contributed by atoms with van der Waals surface area (Å²) >= 11 is -2.77. The Hall–Kier alpha value is -0.630. The highest BCUT2D eigenvalue weighted by Crippen LogP contribution is 2.00. The van der Waals surface area contributed by atoms with Gasteiger partial charge >= 0.3 is 0 Å². The first kappa shape index (κ1) is 12.4. The maximum Gasteiger partial charge on any atom is 0.120 e. The minimum Gasteiger partial charge on any atom is -0.748 e. The molecule has 6 nitrogen and oxygen atoms in total. The summed E-state index contributed by atoms with van der Waals surface area (Å²) in [6, 6.07) is 0. The second-order valence-electron chi connectivity index (χ2n) is 2.38. The van der Waals surface area contributed by atoms with E-state index in [1.54, 1.807) is 0 Å². The molecule has 0 aromatic carbocycles. The lowest BCUT2D eigenvalue weighted by Gasteiger charge is -2.14. The van der Waals surface area contributed by atoms with Crippen LogP contribution in [0.4, 0.5) is 0 Å². The van der Waals surface area contributed by atoms with E-state index in [9.17, 15) is 0 Å². The van der Waals surface area contributed by atoms with Gasteiger partial charge in [0.05, 0.1) is 6.67 Å². The van der Waals surface area contributed by atoms with Gasteiger partial charge in [0.2, 0.25) is 0 Å². The summed E-state index contributed by atoms with van der Waals surface area (Å²) in [4.78, 5) is 4.41. The van der Waals surface area contributed by atoms with Crippen LogP contribution >= 0.6 is 0 Å². The SMILES string of the molecule is CCN1C=CN(C)C1.O=S([O-])OO. The number of hydrogen-bond donors (Lipinski definition) is 1. The number of nitrogens with zero attached hydrogens (tertiary/aromatic N) is 2. The highest BCUT2D eigenvalue weighted by atomic mass is 32.2. The molecular formula is C6H13N2O4S-. The van der Waals surface area contributed by atoms with Crippen molar-refractivity contribution in [2.75, 3.05) is 20.3 Å². The molecule has 7 heteroatoms. The van der Waals surface area contributed by atoms with Gasteiger partial charge in [-0.3, -0.25) is 0 Å². The smallest absolute Gasteiger partial charge is 0.120 e. The lowest BCUT2D eigenvalue weighted by Crippen LogP contribution is -2.21. The van der Waals surface area contributed by atoms with Crippen LogP contribution < -0.4 is 0 Å². The van der Waals surface area contributed by atoms with Gasteiger partial charge in [-0.1, -0.05) is 0 Å². The first-order valence-corrected chi connectivity index (χ1v) is 4.64. The standard InChI is InChI=1S/C6H12N2.H2O4S/c1-3-8-5-4-7(2)6-8;1-4-5(2)3/h4-5H,3,6H2,1-2H3;1H,(H,2,3)/p-1. The van der Waals surface area contributed by atoms with Crippen LogP contribution in [0.1, 0.15) is 6.92 Å². The summed E-state index contributed by atoms with van der Waals surface area (Å²) in [6.07, 6.45) is 4.20. The van der Waals surface area contributed by atoms with E-state index >= 15 is 0 Å². The van der Waals surface area contributed by atoms with E-state index < -0.39 is 11.4 Å². The molecule has 0 saturated carbocycles. The van der Waals surface area contributed by atoms with Crippen molar-refractivity contribution in [3.8, 4) is 0 Å². The van der Waals surface area contributed by atoms with Crippen LogP contribution in [0.3, 0.4) is 0 Å². The molecule has 0 aliphatic carbocycles. The maximum absolute atomic E-state index is 8.90. The molecule has 0 fully saturated rings. The van der Waals surface area contributed by atoms with Crippen LogP contribution in [0.25, 0.3) is 0 Å². The van der Waals surface area contributed by atoms with Crippen molar-refractivity contribution < 1.29 is 18.4 Å². The predicted molar refractivity (Wildman–Crippen MR) is 46.8 cm³/mol. The second kappa shape index (κ2) is 6.84. The molecule has 1 aliphatic heterocycles. The molecule has 0 amide bonds. The summed E-state index contributed by atoms with van der Waals surface area (Å²) in [5.41, 5.74) is 0. The second-order valence-corrected chi connectivity index (χ2v) is 2.94. The molecule has 13 heavy (non-hydrogen) atoms. The van der Waals surface area contributed by atoms with Gasteiger partial charge in [-0.15, -0.1) is 4.33 Å². The van der Waals surface area contributed by atoms with Gasteiger partial charge < -0.3 is 14.4 Å². The summed E-state index contributed by atoms with van der Waals surface area (Å²) in [5.74, 6) is 0. The van der Waals surface area contributed by atoms with Gasteiger partial charge in [0.25, 0.3) is 0 Å². The van der Waals surface area contributed by atoms with Gasteiger partial charge in [0, 0.05) is 26.0 Å². The molecule has 1 unspecified atom stereocenters. The monoisotopic (exact) mass is 209 g/mol. The fourth-order valence-electron chi connectivity index (χ4n) is 0.794. The van der Waals surface area contributed by atoms with Gasteiger partial charge in [-0.05, 0) is 6.92 Å². The molecule has 0 spiro atoms. The molecule has 1 heterocycles. The Balaban J connectivity index is 0.000000252. The zero-order valence-electron chi connectivity index (χ0n) is 7.54. The first-order chi connectivity index (χ1) is 6.10. The van der Waals surface area contributed by atoms with Crippen molar-refractivity contribution >= 4 is 11.4 Å². The van der Waals surface area contributed by atoms with E-state index in [1.807, 2.05) is 0 Å². The number of hydrogen-bond acceptors (Lipinski definition) is 6. The van der Waals surface area contributed by atoms with E-state index in [0.717, 1.165) is 13.2 Å². The van der Waals surface area contributed by atoms with Gasteiger partial charge in [0.15, 0.2) is 0 Å². The Labute approximate surface area is 79.8 Å². The van der Waals surface area contributed by atoms with Crippen LogP contribution in [-0.4, -0.2) is 44.1 Å². The van der Waals surface area contributed by atoms with Crippen LogP contribution in [0.15, 0.2) is 12.4 Å². The molecule has 1 rings (SSSR count). The summed E-state index contributed by atoms with van der Waals surface area (Å²) in [7, 11) is 2.08. The third-order valence-electron chi connectivity index (χ3n) is 1.40. The normalized spacial score (nSPS) is 16.9. The van der Waals surface area contributed by atoms with E-state index in [-0.39, 0.29) is 0 Å². The Kier molecular flexibility index (Phi) is 6.51. The average Bonchev–Trinajstić information content (AvgIpc) is 2.52. The van der Waals surface area contributed by atoms with Crippen molar-refractivity contribution in [1.82, 2.24) is 9.80 Å². The van der Waals surface area contributed by atoms with Crippen LogP contribution in [-0.2, 0) is 15.7 Å². The third kappa shape index (κ3) is 6.52. The molecule has 0 saturated heterocycles. The molecule has 1 atom stereocenters. The van der Waals surface area contributed by atoms with Crippen molar-refractivity contribution in [3.63, 3.8) is 0 Å². The van der Waals surface area contributed by atoms with Crippen LogP contribution in [0.2, 0.25) is 0 Å². The predicted octanol–water partition coefficient (Wildman–Crippen LogP) is -0.0475. The lowest BCUT2D eigenvalue weighted by atomic mass is 10.6. The lowest BCUT2D eigenvalue weighted by molar-refractivity contribution is -0.132. The Morgan fingerprint density at radius 3 is 2.38 bits per heavy atom. The van der Waals surface area contributed by atoms with Gasteiger partial charge in [-0.2, -0.15) is 0 Å².